The Morgan fingerprint density at radius 2 is 1.46 bits per heavy atom. The lowest BCUT2D eigenvalue weighted by Crippen LogP contribution is -2.57. The van der Waals surface area contributed by atoms with Gasteiger partial charge in [-0.3, -0.25) is 19.5 Å². The van der Waals surface area contributed by atoms with Gasteiger partial charge in [0.25, 0.3) is 5.91 Å². The predicted octanol–water partition coefficient (Wildman–Crippen LogP) is 4.56. The molecular formula is C34H39N5O2. The lowest BCUT2D eigenvalue weighted by atomic mass is 9.93. The van der Waals surface area contributed by atoms with Crippen LogP contribution in [0.3, 0.4) is 0 Å². The molecule has 3 aromatic carbocycles. The largest absolute Gasteiger partial charge is 0.344 e. The SMILES string of the molecule is CN(C)CCN(C)C(=O)C[C@@H]1CN(C(=O)c2cncc3ccccc23)CCN1C(c1ccccc1)c1ccccc1. The average Bonchev–Trinajstić information content (AvgIpc) is 3.01. The first kappa shape index (κ1) is 28.5. The molecule has 41 heavy (non-hydrogen) atoms. The smallest absolute Gasteiger partial charge is 0.256 e. The third-order valence-corrected chi connectivity index (χ3v) is 7.99. The summed E-state index contributed by atoms with van der Waals surface area (Å²) in [5.41, 5.74) is 2.96. The van der Waals surface area contributed by atoms with E-state index in [1.165, 1.54) is 11.1 Å². The van der Waals surface area contributed by atoms with Crippen molar-refractivity contribution < 1.29 is 9.59 Å². The number of pyridine rings is 1. The Hall–Kier alpha value is -4.07. The van der Waals surface area contributed by atoms with E-state index in [-0.39, 0.29) is 23.9 Å². The zero-order chi connectivity index (χ0) is 28.8. The fourth-order valence-corrected chi connectivity index (χ4v) is 5.71. The number of amides is 2. The lowest BCUT2D eigenvalue weighted by molar-refractivity contribution is -0.132. The molecular weight excluding hydrogens is 510 g/mol. The first-order valence-corrected chi connectivity index (χ1v) is 14.3. The molecule has 5 rings (SSSR count). The van der Waals surface area contributed by atoms with Crippen molar-refractivity contribution in [1.29, 1.82) is 0 Å². The Morgan fingerprint density at radius 1 is 0.829 bits per heavy atom. The molecule has 1 aliphatic rings. The highest BCUT2D eigenvalue weighted by Gasteiger charge is 2.37. The zero-order valence-corrected chi connectivity index (χ0v) is 24.2. The predicted molar refractivity (Wildman–Crippen MR) is 164 cm³/mol. The minimum Gasteiger partial charge on any atom is -0.344 e. The van der Waals surface area contributed by atoms with Gasteiger partial charge >= 0.3 is 0 Å². The third kappa shape index (κ3) is 6.64. The number of rotatable bonds is 9. The highest BCUT2D eigenvalue weighted by molar-refractivity contribution is 6.06. The summed E-state index contributed by atoms with van der Waals surface area (Å²) in [4.78, 5) is 40.1. The van der Waals surface area contributed by atoms with Crippen LogP contribution in [0.25, 0.3) is 10.8 Å². The number of carbonyl (C=O) groups is 2. The minimum atomic E-state index is -0.157. The number of benzene rings is 3. The molecule has 2 amide bonds. The zero-order valence-electron chi connectivity index (χ0n) is 24.2. The van der Waals surface area contributed by atoms with E-state index in [2.05, 4.69) is 63.3 Å². The first-order valence-electron chi connectivity index (χ1n) is 14.3. The molecule has 212 valence electrons. The highest BCUT2D eigenvalue weighted by atomic mass is 16.2. The fourth-order valence-electron chi connectivity index (χ4n) is 5.71. The maximum Gasteiger partial charge on any atom is 0.256 e. The summed E-state index contributed by atoms with van der Waals surface area (Å²) in [7, 11) is 5.89. The van der Waals surface area contributed by atoms with Crippen LogP contribution in [0.5, 0.6) is 0 Å². The molecule has 0 saturated carbocycles. The number of hydrogen-bond acceptors (Lipinski definition) is 5. The normalized spacial score (nSPS) is 15.9. The Labute approximate surface area is 243 Å². The quantitative estimate of drug-likeness (QED) is 0.306. The van der Waals surface area contributed by atoms with Crippen LogP contribution in [0.4, 0.5) is 0 Å². The van der Waals surface area contributed by atoms with Crippen LogP contribution in [0.15, 0.2) is 97.3 Å². The van der Waals surface area contributed by atoms with Crippen molar-refractivity contribution in [3.8, 4) is 0 Å². The third-order valence-electron chi connectivity index (χ3n) is 7.99. The number of piperazine rings is 1. The molecule has 0 spiro atoms. The molecule has 0 bridgehead atoms. The molecule has 0 unspecified atom stereocenters. The molecule has 1 atom stereocenters. The lowest BCUT2D eigenvalue weighted by Gasteiger charge is -2.46. The van der Waals surface area contributed by atoms with Crippen LogP contribution in [-0.4, -0.2) is 96.3 Å². The average molecular weight is 550 g/mol. The van der Waals surface area contributed by atoms with Gasteiger partial charge in [-0.2, -0.15) is 0 Å². The summed E-state index contributed by atoms with van der Waals surface area (Å²) in [6.45, 7) is 3.14. The Kier molecular flexibility index (Phi) is 9.07. The molecule has 1 fully saturated rings. The highest BCUT2D eigenvalue weighted by Crippen LogP contribution is 2.33. The summed E-state index contributed by atoms with van der Waals surface area (Å²) in [6.07, 6.45) is 3.79. The molecule has 1 aromatic heterocycles. The van der Waals surface area contributed by atoms with Gasteiger partial charge in [-0.15, -0.1) is 0 Å². The Balaban J connectivity index is 1.47. The van der Waals surface area contributed by atoms with Crippen LogP contribution in [-0.2, 0) is 4.79 Å². The number of carbonyl (C=O) groups excluding carboxylic acids is 2. The fraction of sp³-hybridized carbons (Fsp3) is 0.324. The van der Waals surface area contributed by atoms with Gasteiger partial charge in [0.05, 0.1) is 11.6 Å². The summed E-state index contributed by atoms with van der Waals surface area (Å²) in [6, 6.07) is 28.6. The van der Waals surface area contributed by atoms with E-state index in [1.54, 1.807) is 12.4 Å². The topological polar surface area (TPSA) is 60.0 Å². The minimum absolute atomic E-state index is 0.0289. The second-order valence-corrected chi connectivity index (χ2v) is 11.1. The molecule has 0 N–H and O–H groups in total. The summed E-state index contributed by atoms with van der Waals surface area (Å²) < 4.78 is 0. The van der Waals surface area contributed by atoms with Gasteiger partial charge in [-0.1, -0.05) is 84.9 Å². The van der Waals surface area contributed by atoms with Crippen molar-refractivity contribution in [3.05, 3.63) is 114 Å². The van der Waals surface area contributed by atoms with Crippen LogP contribution in [0, 0.1) is 0 Å². The van der Waals surface area contributed by atoms with Crippen LogP contribution in [0.2, 0.25) is 0 Å². The van der Waals surface area contributed by atoms with E-state index in [4.69, 9.17) is 0 Å². The molecule has 4 aromatic rings. The van der Waals surface area contributed by atoms with E-state index in [1.807, 2.05) is 67.3 Å². The number of nitrogens with zero attached hydrogens (tertiary/aromatic N) is 5. The van der Waals surface area contributed by atoms with E-state index in [0.29, 0.717) is 38.2 Å². The van der Waals surface area contributed by atoms with Gasteiger partial charge in [0, 0.05) is 70.0 Å². The molecule has 1 saturated heterocycles. The molecule has 2 heterocycles. The summed E-state index contributed by atoms with van der Waals surface area (Å²) in [5.74, 6) is 0.0474. The van der Waals surface area contributed by atoms with Gasteiger partial charge in [-0.05, 0) is 30.6 Å². The standard InChI is InChI=1S/C34H39N5O2/c1-36(2)18-19-37(3)32(40)22-29-25-38(34(41)31-24-35-23-28-16-10-11-17-30(28)31)20-21-39(29)33(26-12-6-4-7-13-26)27-14-8-5-9-15-27/h4-17,23-24,29,33H,18-22,25H2,1-3H3/t29-/m1/s1. The van der Waals surface area contributed by atoms with Crippen molar-refractivity contribution in [2.45, 2.75) is 18.5 Å². The monoisotopic (exact) mass is 549 g/mol. The molecule has 7 nitrogen and oxygen atoms in total. The van der Waals surface area contributed by atoms with E-state index in [9.17, 15) is 9.59 Å². The molecule has 0 aliphatic carbocycles. The van der Waals surface area contributed by atoms with Crippen LogP contribution >= 0.6 is 0 Å². The van der Waals surface area contributed by atoms with Crippen molar-refractivity contribution in [1.82, 2.24) is 24.6 Å². The second kappa shape index (κ2) is 13.1. The Morgan fingerprint density at radius 3 is 2.12 bits per heavy atom. The van der Waals surface area contributed by atoms with E-state index in [0.717, 1.165) is 17.3 Å². The van der Waals surface area contributed by atoms with Gasteiger partial charge < -0.3 is 14.7 Å². The summed E-state index contributed by atoms with van der Waals surface area (Å²) in [5, 5.41) is 1.84. The number of aromatic nitrogens is 1. The van der Waals surface area contributed by atoms with Gasteiger partial charge in [0.2, 0.25) is 5.91 Å². The maximum atomic E-state index is 13.9. The van der Waals surface area contributed by atoms with Crippen molar-refractivity contribution in [2.24, 2.45) is 0 Å². The molecule has 1 aliphatic heterocycles. The van der Waals surface area contributed by atoms with Crippen molar-refractivity contribution in [2.75, 3.05) is 53.9 Å². The molecule has 7 heteroatoms. The Bertz CT molecular complexity index is 1420. The number of fused-ring (bicyclic) bond motifs is 1. The van der Waals surface area contributed by atoms with Gasteiger partial charge in [0.1, 0.15) is 0 Å². The van der Waals surface area contributed by atoms with E-state index < -0.39 is 0 Å². The van der Waals surface area contributed by atoms with Crippen molar-refractivity contribution in [3.63, 3.8) is 0 Å². The first-order chi connectivity index (χ1) is 19.9. The second-order valence-electron chi connectivity index (χ2n) is 11.1. The van der Waals surface area contributed by atoms with Gasteiger partial charge in [0.15, 0.2) is 0 Å². The van der Waals surface area contributed by atoms with Crippen LogP contribution < -0.4 is 0 Å². The van der Waals surface area contributed by atoms with Gasteiger partial charge in [-0.25, -0.2) is 0 Å². The van der Waals surface area contributed by atoms with Crippen molar-refractivity contribution >= 4 is 22.6 Å². The number of hydrogen-bond donors (Lipinski definition) is 0. The summed E-state index contributed by atoms with van der Waals surface area (Å²) >= 11 is 0. The number of likely N-dealkylation sites (N-methyl/N-ethyl adjacent to an activating group) is 2. The van der Waals surface area contributed by atoms with Crippen LogP contribution in [0.1, 0.15) is 33.9 Å². The van der Waals surface area contributed by atoms with E-state index >= 15 is 0 Å². The maximum absolute atomic E-state index is 13.9. The molecule has 0 radical (unpaired) electrons.